The Hall–Kier alpha value is -3.57. The summed E-state index contributed by atoms with van der Waals surface area (Å²) in [5.74, 6) is -0.161. The number of fused-ring (bicyclic) bond motifs is 3. The maximum atomic E-state index is 12.7. The standard InChI is InChI=1S/C27H35N5O7/c1-24-11-7-20-25(2)9-4-10-26(3,22(33)34)19(25)8-12-27(20,15-24)14-21(24)29-30-23(35)28-17-6-5-16(31(36)37)13-18(17)32(38)39/h5-6,13,19-20H,4,7-12,14-15H2,1-3H3,(H,33,34)(H2,28,30,35)/t19-,20-,24-,25+,26+,27-/m0/s1. The lowest BCUT2D eigenvalue weighted by Crippen LogP contribution is -2.58. The number of benzene rings is 1. The van der Waals surface area contributed by atoms with Gasteiger partial charge in [-0.15, -0.1) is 0 Å². The van der Waals surface area contributed by atoms with Crippen LogP contribution < -0.4 is 10.7 Å². The topological polar surface area (TPSA) is 177 Å². The fourth-order valence-electron chi connectivity index (χ4n) is 9.12. The number of carbonyl (C=O) groups is 2. The van der Waals surface area contributed by atoms with Crippen LogP contribution in [-0.2, 0) is 4.79 Å². The first-order valence-electron chi connectivity index (χ1n) is 13.5. The minimum atomic E-state index is -0.785. The molecule has 0 unspecified atom stereocenters. The molecule has 12 nitrogen and oxygen atoms in total. The molecule has 2 amide bonds. The third-order valence-electron chi connectivity index (χ3n) is 10.8. The van der Waals surface area contributed by atoms with Crippen molar-refractivity contribution in [2.24, 2.45) is 38.6 Å². The SMILES string of the molecule is C[C@@]12CC[C@@H]3[C@@](CC[C@H]4[C@@]3(C)CCC[C@@]4(C)C(=O)O)(CC1=NNC(=O)Nc1ccc([N+](=O)[O-])cc1[N+](=O)[O-])C2. The molecule has 1 aromatic carbocycles. The Bertz CT molecular complexity index is 1300. The molecule has 0 aliphatic heterocycles. The summed E-state index contributed by atoms with van der Waals surface area (Å²) in [6.07, 6.45) is 8.07. The maximum Gasteiger partial charge on any atom is 0.339 e. The maximum absolute atomic E-state index is 12.7. The average molecular weight is 542 g/mol. The molecule has 210 valence electrons. The molecule has 4 aliphatic carbocycles. The molecule has 5 rings (SSSR count). The summed E-state index contributed by atoms with van der Waals surface area (Å²) in [6, 6.07) is 2.26. The van der Waals surface area contributed by atoms with Gasteiger partial charge in [0.25, 0.3) is 11.4 Å². The quantitative estimate of drug-likeness (QED) is 0.308. The fourth-order valence-corrected chi connectivity index (χ4v) is 9.12. The number of carbonyl (C=O) groups excluding carboxylic acids is 1. The number of carboxylic acid groups (broad SMARTS) is 1. The van der Waals surface area contributed by atoms with E-state index in [4.69, 9.17) is 0 Å². The Morgan fingerprint density at radius 2 is 1.74 bits per heavy atom. The van der Waals surface area contributed by atoms with Gasteiger partial charge in [-0.05, 0) is 87.0 Å². The second kappa shape index (κ2) is 8.99. The second-order valence-corrected chi connectivity index (χ2v) is 12.9. The molecule has 3 N–H and O–H groups in total. The van der Waals surface area contributed by atoms with Gasteiger partial charge >= 0.3 is 12.0 Å². The number of amides is 2. The van der Waals surface area contributed by atoms with Gasteiger partial charge in [0.05, 0.1) is 21.3 Å². The number of anilines is 1. The number of urea groups is 1. The Morgan fingerprint density at radius 3 is 2.41 bits per heavy atom. The molecule has 0 radical (unpaired) electrons. The Kier molecular flexibility index (Phi) is 6.23. The molecule has 0 aromatic heterocycles. The molecule has 4 aliphatic rings. The number of nitro groups is 2. The lowest BCUT2D eigenvalue weighted by atomic mass is 9.40. The highest BCUT2D eigenvalue weighted by atomic mass is 16.6. The third-order valence-corrected chi connectivity index (χ3v) is 10.8. The van der Waals surface area contributed by atoms with E-state index in [1.54, 1.807) is 0 Å². The van der Waals surface area contributed by atoms with Crippen LogP contribution in [0, 0.1) is 53.7 Å². The molecule has 4 saturated carbocycles. The van der Waals surface area contributed by atoms with Gasteiger partial charge in [0.2, 0.25) is 0 Å². The largest absolute Gasteiger partial charge is 0.481 e. The molecule has 6 atom stereocenters. The number of aliphatic carboxylic acids is 1. The molecule has 39 heavy (non-hydrogen) atoms. The van der Waals surface area contributed by atoms with Crippen molar-refractivity contribution in [3.05, 3.63) is 38.4 Å². The van der Waals surface area contributed by atoms with Crippen molar-refractivity contribution in [2.75, 3.05) is 5.32 Å². The molecule has 2 bridgehead atoms. The van der Waals surface area contributed by atoms with Gasteiger partial charge in [-0.2, -0.15) is 5.10 Å². The number of nitrogens with one attached hydrogen (secondary N) is 2. The van der Waals surface area contributed by atoms with Gasteiger partial charge in [0, 0.05) is 17.2 Å². The number of hydrogen-bond acceptors (Lipinski definition) is 7. The van der Waals surface area contributed by atoms with Crippen LogP contribution >= 0.6 is 0 Å². The zero-order valence-electron chi connectivity index (χ0n) is 22.5. The Balaban J connectivity index is 1.35. The number of hydrogen-bond donors (Lipinski definition) is 3. The van der Waals surface area contributed by atoms with Crippen LogP contribution in [0.15, 0.2) is 23.3 Å². The summed E-state index contributed by atoms with van der Waals surface area (Å²) in [4.78, 5) is 45.9. The smallest absolute Gasteiger partial charge is 0.339 e. The van der Waals surface area contributed by atoms with Crippen LogP contribution in [0.5, 0.6) is 0 Å². The van der Waals surface area contributed by atoms with Crippen LogP contribution in [0.1, 0.15) is 78.6 Å². The van der Waals surface area contributed by atoms with Crippen LogP contribution in [0.2, 0.25) is 0 Å². The summed E-state index contributed by atoms with van der Waals surface area (Å²) in [7, 11) is 0. The average Bonchev–Trinajstić information content (AvgIpc) is 3.06. The van der Waals surface area contributed by atoms with Gasteiger partial charge in [-0.25, -0.2) is 10.2 Å². The zero-order chi connectivity index (χ0) is 28.4. The van der Waals surface area contributed by atoms with E-state index in [2.05, 4.69) is 29.7 Å². The minimum absolute atomic E-state index is 0.0170. The highest BCUT2D eigenvalue weighted by molar-refractivity contribution is 5.96. The summed E-state index contributed by atoms with van der Waals surface area (Å²) >= 11 is 0. The zero-order valence-corrected chi connectivity index (χ0v) is 22.5. The molecular weight excluding hydrogens is 506 g/mol. The lowest BCUT2D eigenvalue weighted by Gasteiger charge is -2.63. The lowest BCUT2D eigenvalue weighted by molar-refractivity contribution is -0.393. The first-order valence-corrected chi connectivity index (χ1v) is 13.5. The van der Waals surface area contributed by atoms with E-state index in [0.717, 1.165) is 81.7 Å². The van der Waals surface area contributed by atoms with Crippen LogP contribution in [0.25, 0.3) is 0 Å². The van der Waals surface area contributed by atoms with E-state index in [9.17, 15) is 34.9 Å². The second-order valence-electron chi connectivity index (χ2n) is 12.9. The van der Waals surface area contributed by atoms with Gasteiger partial charge < -0.3 is 10.4 Å². The van der Waals surface area contributed by atoms with E-state index >= 15 is 0 Å². The van der Waals surface area contributed by atoms with Crippen molar-refractivity contribution in [3.8, 4) is 0 Å². The van der Waals surface area contributed by atoms with E-state index in [1.165, 1.54) is 0 Å². The van der Waals surface area contributed by atoms with E-state index < -0.39 is 38.6 Å². The number of hydrazone groups is 1. The highest BCUT2D eigenvalue weighted by Gasteiger charge is 2.67. The van der Waals surface area contributed by atoms with Crippen molar-refractivity contribution in [1.82, 2.24) is 5.43 Å². The van der Waals surface area contributed by atoms with E-state index in [-0.39, 0.29) is 27.9 Å². The molecule has 1 spiro atoms. The Labute approximate surface area is 225 Å². The van der Waals surface area contributed by atoms with Gasteiger partial charge in [0.15, 0.2) is 0 Å². The van der Waals surface area contributed by atoms with Gasteiger partial charge in [0.1, 0.15) is 5.69 Å². The summed E-state index contributed by atoms with van der Waals surface area (Å²) in [5, 5.41) is 39.4. The van der Waals surface area contributed by atoms with Crippen LogP contribution in [0.3, 0.4) is 0 Å². The van der Waals surface area contributed by atoms with Crippen molar-refractivity contribution < 1.29 is 24.5 Å². The molecular formula is C27H35N5O7. The minimum Gasteiger partial charge on any atom is -0.481 e. The van der Waals surface area contributed by atoms with Crippen molar-refractivity contribution in [1.29, 1.82) is 0 Å². The monoisotopic (exact) mass is 541 g/mol. The Morgan fingerprint density at radius 1 is 1.03 bits per heavy atom. The molecule has 12 heteroatoms. The summed E-state index contributed by atoms with van der Waals surface area (Å²) < 4.78 is 0. The van der Waals surface area contributed by atoms with Crippen molar-refractivity contribution in [3.63, 3.8) is 0 Å². The van der Waals surface area contributed by atoms with Crippen LogP contribution in [0.4, 0.5) is 21.9 Å². The highest BCUT2D eigenvalue weighted by Crippen LogP contribution is 2.73. The van der Waals surface area contributed by atoms with Gasteiger partial charge in [-0.1, -0.05) is 20.3 Å². The number of non-ortho nitro benzene ring substituents is 1. The predicted molar refractivity (Wildman–Crippen MR) is 142 cm³/mol. The first kappa shape index (κ1) is 27.0. The van der Waals surface area contributed by atoms with Crippen molar-refractivity contribution >= 4 is 34.8 Å². The molecule has 0 saturated heterocycles. The summed E-state index contributed by atoms with van der Waals surface area (Å²) in [5.41, 5.74) is 1.29. The van der Waals surface area contributed by atoms with Crippen molar-refractivity contribution in [2.45, 2.75) is 78.6 Å². The van der Waals surface area contributed by atoms with Gasteiger partial charge in [-0.3, -0.25) is 25.0 Å². The van der Waals surface area contributed by atoms with E-state index in [0.29, 0.717) is 5.92 Å². The normalized spacial score (nSPS) is 37.9. The van der Waals surface area contributed by atoms with E-state index in [1.807, 2.05) is 6.92 Å². The predicted octanol–water partition coefficient (Wildman–Crippen LogP) is 5.87. The number of nitrogens with zero attached hydrogens (tertiary/aromatic N) is 3. The molecule has 0 heterocycles. The number of nitro benzene ring substituents is 2. The third kappa shape index (κ3) is 4.15. The molecule has 4 fully saturated rings. The van der Waals surface area contributed by atoms with Crippen LogP contribution in [-0.4, -0.2) is 32.7 Å². The number of carboxylic acids is 1. The molecule has 1 aromatic rings. The number of rotatable bonds is 5. The first-order chi connectivity index (χ1) is 18.2. The summed E-state index contributed by atoms with van der Waals surface area (Å²) in [6.45, 7) is 6.42. The fraction of sp³-hybridized carbons (Fsp3) is 0.667.